The molecule has 1 aliphatic carbocycles. The van der Waals surface area contributed by atoms with E-state index in [1.54, 1.807) is 0 Å². The van der Waals surface area contributed by atoms with Crippen LogP contribution in [0.1, 0.15) is 66.7 Å². The van der Waals surface area contributed by atoms with Gasteiger partial charge in [-0.2, -0.15) is 0 Å². The molecule has 0 aromatic carbocycles. The maximum Gasteiger partial charge on any atom is 0.0115 e. The summed E-state index contributed by atoms with van der Waals surface area (Å²) in [5, 5.41) is 3.54. The molecule has 0 aromatic heterocycles. The van der Waals surface area contributed by atoms with E-state index < -0.39 is 0 Å². The van der Waals surface area contributed by atoms with Gasteiger partial charge in [0, 0.05) is 6.04 Å². The van der Waals surface area contributed by atoms with Crippen molar-refractivity contribution in [2.75, 3.05) is 7.05 Å². The molecule has 1 fully saturated rings. The lowest BCUT2D eigenvalue weighted by Crippen LogP contribution is -2.41. The van der Waals surface area contributed by atoms with Crippen molar-refractivity contribution in [1.29, 1.82) is 0 Å². The molecule has 1 unspecified atom stereocenters. The van der Waals surface area contributed by atoms with Gasteiger partial charge < -0.3 is 5.32 Å². The quantitative estimate of drug-likeness (QED) is 0.746. The van der Waals surface area contributed by atoms with Crippen LogP contribution >= 0.6 is 0 Å². The minimum atomic E-state index is 0.554. The van der Waals surface area contributed by atoms with E-state index in [0.717, 1.165) is 23.8 Å². The molecular weight excluding hydrogens is 206 g/mol. The molecule has 17 heavy (non-hydrogen) atoms. The molecular formula is C16H33N. The number of nitrogens with one attached hydrogen (secondary N) is 1. The van der Waals surface area contributed by atoms with Crippen molar-refractivity contribution in [3.05, 3.63) is 0 Å². The third-order valence-electron chi connectivity index (χ3n) is 5.35. The Balaban J connectivity index is 2.50. The molecule has 0 aliphatic heterocycles. The molecule has 1 atom stereocenters. The Hall–Kier alpha value is -0.0400. The van der Waals surface area contributed by atoms with Gasteiger partial charge in [-0.05, 0) is 55.9 Å². The van der Waals surface area contributed by atoms with E-state index in [1.807, 2.05) is 0 Å². The first-order valence-corrected chi connectivity index (χ1v) is 7.59. The molecule has 0 amide bonds. The van der Waals surface area contributed by atoms with Gasteiger partial charge in [-0.3, -0.25) is 0 Å². The maximum absolute atomic E-state index is 3.54. The average molecular weight is 239 g/mol. The van der Waals surface area contributed by atoms with Gasteiger partial charge >= 0.3 is 0 Å². The molecule has 1 aliphatic rings. The topological polar surface area (TPSA) is 12.0 Å². The van der Waals surface area contributed by atoms with Gasteiger partial charge in [0.25, 0.3) is 0 Å². The highest BCUT2D eigenvalue weighted by atomic mass is 14.9. The molecule has 0 spiro atoms. The third kappa shape index (κ3) is 3.71. The summed E-state index contributed by atoms with van der Waals surface area (Å²) in [6, 6.07) is 0.723. The second kappa shape index (κ2) is 6.22. The monoisotopic (exact) mass is 239 g/mol. The van der Waals surface area contributed by atoms with E-state index in [-0.39, 0.29) is 0 Å². The summed E-state index contributed by atoms with van der Waals surface area (Å²) >= 11 is 0. The highest BCUT2D eigenvalue weighted by Crippen LogP contribution is 2.43. The Morgan fingerprint density at radius 1 is 1.12 bits per heavy atom. The van der Waals surface area contributed by atoms with E-state index in [9.17, 15) is 0 Å². The van der Waals surface area contributed by atoms with Crippen molar-refractivity contribution in [3.8, 4) is 0 Å². The fourth-order valence-corrected chi connectivity index (χ4v) is 3.66. The van der Waals surface area contributed by atoms with E-state index in [0.29, 0.717) is 5.41 Å². The van der Waals surface area contributed by atoms with Crippen LogP contribution in [0.25, 0.3) is 0 Å². The Morgan fingerprint density at radius 2 is 1.65 bits per heavy atom. The number of rotatable bonds is 5. The van der Waals surface area contributed by atoms with E-state index >= 15 is 0 Å². The van der Waals surface area contributed by atoms with Gasteiger partial charge in [0.2, 0.25) is 0 Å². The summed E-state index contributed by atoms with van der Waals surface area (Å²) in [5.41, 5.74) is 0.554. The summed E-state index contributed by atoms with van der Waals surface area (Å²) in [7, 11) is 2.13. The van der Waals surface area contributed by atoms with Crippen LogP contribution in [0.15, 0.2) is 0 Å². The van der Waals surface area contributed by atoms with Crippen molar-refractivity contribution in [1.82, 2.24) is 5.32 Å². The second-order valence-electron chi connectivity index (χ2n) is 7.01. The van der Waals surface area contributed by atoms with Gasteiger partial charge in [-0.15, -0.1) is 0 Å². The molecule has 1 rings (SSSR count). The standard InChI is InChI=1S/C16H33N/c1-7-16(4,5)14-10-8-13(9-11-14)15(17-6)12(2)3/h12-15,17H,7-11H2,1-6H3. The molecule has 1 nitrogen and oxygen atoms in total. The normalized spacial score (nSPS) is 28.4. The summed E-state index contributed by atoms with van der Waals surface area (Å²) in [4.78, 5) is 0. The highest BCUT2D eigenvalue weighted by Gasteiger charge is 2.34. The second-order valence-corrected chi connectivity index (χ2v) is 7.01. The lowest BCUT2D eigenvalue weighted by atomic mass is 9.66. The van der Waals surface area contributed by atoms with E-state index in [1.165, 1.54) is 32.1 Å². The molecule has 0 radical (unpaired) electrons. The first-order valence-electron chi connectivity index (χ1n) is 7.59. The van der Waals surface area contributed by atoms with Crippen molar-refractivity contribution in [3.63, 3.8) is 0 Å². The van der Waals surface area contributed by atoms with Crippen LogP contribution in [0.2, 0.25) is 0 Å². The molecule has 1 N–H and O–H groups in total. The highest BCUT2D eigenvalue weighted by molar-refractivity contribution is 4.87. The van der Waals surface area contributed by atoms with Crippen molar-refractivity contribution in [2.45, 2.75) is 72.8 Å². The molecule has 1 heteroatoms. The minimum Gasteiger partial charge on any atom is -0.316 e. The van der Waals surface area contributed by atoms with Crippen LogP contribution in [0.4, 0.5) is 0 Å². The van der Waals surface area contributed by atoms with Crippen LogP contribution < -0.4 is 5.32 Å². The van der Waals surface area contributed by atoms with Crippen LogP contribution in [-0.2, 0) is 0 Å². The summed E-state index contributed by atoms with van der Waals surface area (Å²) in [5.74, 6) is 2.62. The van der Waals surface area contributed by atoms with Crippen LogP contribution in [0.5, 0.6) is 0 Å². The fourth-order valence-electron chi connectivity index (χ4n) is 3.66. The summed E-state index contributed by atoms with van der Waals surface area (Å²) in [6.07, 6.45) is 7.06. The van der Waals surface area contributed by atoms with Crippen molar-refractivity contribution < 1.29 is 0 Å². The van der Waals surface area contributed by atoms with Crippen LogP contribution in [0.3, 0.4) is 0 Å². The SMILES string of the molecule is CCC(C)(C)C1CCC(C(NC)C(C)C)CC1. The molecule has 102 valence electrons. The Bertz CT molecular complexity index is 212. The lowest BCUT2D eigenvalue weighted by molar-refractivity contribution is 0.107. The minimum absolute atomic E-state index is 0.554. The predicted molar refractivity (Wildman–Crippen MR) is 77.2 cm³/mol. The summed E-state index contributed by atoms with van der Waals surface area (Å²) in [6.45, 7) is 12.0. The van der Waals surface area contributed by atoms with Crippen LogP contribution in [-0.4, -0.2) is 13.1 Å². The molecule has 0 saturated heterocycles. The zero-order valence-electron chi connectivity index (χ0n) is 12.8. The first kappa shape index (κ1) is 15.0. The Kier molecular flexibility index (Phi) is 5.50. The molecule has 0 heterocycles. The Morgan fingerprint density at radius 3 is 2.00 bits per heavy atom. The largest absolute Gasteiger partial charge is 0.316 e. The van der Waals surface area contributed by atoms with E-state index in [2.05, 4.69) is 47.0 Å². The fraction of sp³-hybridized carbons (Fsp3) is 1.00. The van der Waals surface area contributed by atoms with E-state index in [4.69, 9.17) is 0 Å². The van der Waals surface area contributed by atoms with Gasteiger partial charge in [0.15, 0.2) is 0 Å². The lowest BCUT2D eigenvalue weighted by Gasteiger charge is -2.41. The third-order valence-corrected chi connectivity index (χ3v) is 5.35. The maximum atomic E-state index is 3.54. The average Bonchev–Trinajstić information content (AvgIpc) is 2.30. The van der Waals surface area contributed by atoms with Crippen molar-refractivity contribution >= 4 is 0 Å². The zero-order chi connectivity index (χ0) is 13.1. The Labute approximate surface area is 109 Å². The first-order chi connectivity index (χ1) is 7.92. The molecule has 0 bridgehead atoms. The predicted octanol–water partition coefficient (Wildman–Crippen LogP) is 4.47. The van der Waals surface area contributed by atoms with Gasteiger partial charge in [-0.1, -0.05) is 41.0 Å². The number of hydrogen-bond donors (Lipinski definition) is 1. The summed E-state index contributed by atoms with van der Waals surface area (Å²) < 4.78 is 0. The van der Waals surface area contributed by atoms with Gasteiger partial charge in [-0.25, -0.2) is 0 Å². The van der Waals surface area contributed by atoms with Crippen LogP contribution in [0, 0.1) is 23.2 Å². The smallest absolute Gasteiger partial charge is 0.0115 e. The van der Waals surface area contributed by atoms with Gasteiger partial charge in [0.1, 0.15) is 0 Å². The number of hydrogen-bond acceptors (Lipinski definition) is 1. The zero-order valence-corrected chi connectivity index (χ0v) is 12.8. The van der Waals surface area contributed by atoms with Crippen molar-refractivity contribution in [2.24, 2.45) is 23.2 Å². The van der Waals surface area contributed by atoms with Gasteiger partial charge in [0.05, 0.1) is 0 Å². The molecule has 1 saturated carbocycles. The molecule has 0 aromatic rings.